The first-order valence-electron chi connectivity index (χ1n) is 23.5. The number of rotatable bonds is 3. The molecule has 4 aliphatic heterocycles. The van der Waals surface area contributed by atoms with E-state index in [1.807, 2.05) is 23.9 Å². The number of hydrogen-bond donors (Lipinski definition) is 0. The molecule has 0 unspecified atom stereocenters. The van der Waals surface area contributed by atoms with Crippen molar-refractivity contribution in [1.29, 1.82) is 0 Å². The summed E-state index contributed by atoms with van der Waals surface area (Å²) in [5, 5.41) is 0. The van der Waals surface area contributed by atoms with Gasteiger partial charge in [0.15, 0.2) is 0 Å². The molecule has 66 heavy (non-hydrogen) atoms. The van der Waals surface area contributed by atoms with Crippen LogP contribution in [-0.2, 0) is 16.2 Å². The predicted octanol–water partition coefficient (Wildman–Crippen LogP) is 12.4. The molecule has 2 nitrogen and oxygen atoms in total. The van der Waals surface area contributed by atoms with E-state index in [1.165, 1.54) is 76.3 Å². The summed E-state index contributed by atoms with van der Waals surface area (Å²) in [7, 11) is 0. The first-order valence-corrected chi connectivity index (χ1v) is 24.3. The smallest absolute Gasteiger partial charge is 0.252 e. The zero-order valence-electron chi connectivity index (χ0n) is 39.3. The third-order valence-corrected chi connectivity index (χ3v) is 15.8. The SMILES string of the molecule is CC(C)(C)c1ccc2c(c1)B1c3cc(C(C)(C)C)ccc3N3c4ccc(C(C)(C)C)cc4B4c5ccccc5Sc5cc(c1c3c54)N2c1c(F)cccc1-c1ccc(-c2ccccc2)cc1. The largest absolute Gasteiger partial charge is 0.312 e. The lowest BCUT2D eigenvalue weighted by Gasteiger charge is -2.50. The average molecular weight is 875 g/mol. The van der Waals surface area contributed by atoms with E-state index >= 15 is 4.39 Å². The summed E-state index contributed by atoms with van der Waals surface area (Å²) < 4.78 is 17.6. The van der Waals surface area contributed by atoms with Gasteiger partial charge in [-0.05, 0) is 113 Å². The Morgan fingerprint density at radius 2 is 0.879 bits per heavy atom. The number of benzene rings is 8. The van der Waals surface area contributed by atoms with Crippen molar-refractivity contribution in [3.05, 3.63) is 180 Å². The minimum atomic E-state index is -0.249. The predicted molar refractivity (Wildman–Crippen MR) is 283 cm³/mol. The lowest BCUT2D eigenvalue weighted by Crippen LogP contribution is -2.68. The van der Waals surface area contributed by atoms with E-state index in [2.05, 4.69) is 212 Å². The van der Waals surface area contributed by atoms with Crippen molar-refractivity contribution in [2.24, 2.45) is 0 Å². The summed E-state index contributed by atoms with van der Waals surface area (Å²) in [6.45, 7) is 20.7. The average Bonchev–Trinajstić information content (AvgIpc) is 3.30. The van der Waals surface area contributed by atoms with Crippen LogP contribution in [0.25, 0.3) is 22.3 Å². The van der Waals surface area contributed by atoms with Crippen molar-refractivity contribution in [1.82, 2.24) is 0 Å². The second-order valence-corrected chi connectivity index (χ2v) is 23.0. The number of hydrogen-bond acceptors (Lipinski definition) is 3. The second-order valence-electron chi connectivity index (χ2n) is 21.9. The summed E-state index contributed by atoms with van der Waals surface area (Å²) in [5.74, 6) is -0.249. The lowest BCUT2D eigenvalue weighted by molar-refractivity contribution is 0.590. The summed E-state index contributed by atoms with van der Waals surface area (Å²) in [4.78, 5) is 7.39. The fourth-order valence-corrected chi connectivity index (χ4v) is 12.4. The number of halogens is 1. The quantitative estimate of drug-likeness (QED) is 0.163. The molecule has 0 N–H and O–H groups in total. The molecule has 6 heteroatoms. The minimum Gasteiger partial charge on any atom is -0.312 e. The summed E-state index contributed by atoms with van der Waals surface area (Å²) >= 11 is 1.86. The fraction of sp³-hybridized carbons (Fsp3) is 0.200. The molecule has 0 spiro atoms. The molecular weight excluding hydrogens is 821 g/mol. The van der Waals surface area contributed by atoms with Crippen LogP contribution in [0.3, 0.4) is 0 Å². The van der Waals surface area contributed by atoms with E-state index < -0.39 is 0 Å². The van der Waals surface area contributed by atoms with Gasteiger partial charge in [-0.2, -0.15) is 0 Å². The molecule has 0 saturated heterocycles. The van der Waals surface area contributed by atoms with Gasteiger partial charge in [0.05, 0.1) is 5.69 Å². The molecule has 0 radical (unpaired) electrons. The van der Waals surface area contributed by atoms with Crippen molar-refractivity contribution >= 4 is 92.1 Å². The Hall–Kier alpha value is -6.23. The van der Waals surface area contributed by atoms with E-state index in [9.17, 15) is 0 Å². The molecule has 8 aromatic rings. The maximum atomic E-state index is 17.6. The van der Waals surface area contributed by atoms with E-state index in [0.717, 1.165) is 33.6 Å². The Balaban J connectivity index is 1.20. The summed E-state index contributed by atoms with van der Waals surface area (Å²) in [6.07, 6.45) is 0. The van der Waals surface area contributed by atoms with E-state index in [0.29, 0.717) is 5.69 Å². The maximum Gasteiger partial charge on any atom is 0.252 e. The molecule has 322 valence electrons. The van der Waals surface area contributed by atoms with Gasteiger partial charge < -0.3 is 9.80 Å². The van der Waals surface area contributed by atoms with Gasteiger partial charge in [0, 0.05) is 43.8 Å². The van der Waals surface area contributed by atoms with Crippen molar-refractivity contribution in [2.45, 2.75) is 88.3 Å². The van der Waals surface area contributed by atoms with Gasteiger partial charge in [-0.15, -0.1) is 0 Å². The van der Waals surface area contributed by atoms with Crippen molar-refractivity contribution < 1.29 is 4.39 Å². The molecule has 4 heterocycles. The van der Waals surface area contributed by atoms with Gasteiger partial charge in [0.1, 0.15) is 5.82 Å². The number of para-hydroxylation sites is 1. The van der Waals surface area contributed by atoms with Gasteiger partial charge in [0.25, 0.3) is 6.71 Å². The van der Waals surface area contributed by atoms with Crippen LogP contribution in [0.5, 0.6) is 0 Å². The molecule has 0 amide bonds. The summed E-state index contributed by atoms with van der Waals surface area (Å²) in [6, 6.07) is 57.7. The molecule has 0 saturated carbocycles. The van der Waals surface area contributed by atoms with Gasteiger partial charge in [0.2, 0.25) is 6.71 Å². The van der Waals surface area contributed by atoms with Gasteiger partial charge >= 0.3 is 0 Å². The summed E-state index contributed by atoms with van der Waals surface area (Å²) in [5.41, 5.74) is 21.9. The third kappa shape index (κ3) is 6.17. The van der Waals surface area contributed by atoms with E-state index in [1.54, 1.807) is 6.07 Å². The van der Waals surface area contributed by atoms with Crippen LogP contribution in [0.15, 0.2) is 168 Å². The third-order valence-electron chi connectivity index (χ3n) is 14.7. The van der Waals surface area contributed by atoms with Crippen molar-refractivity contribution in [3.63, 3.8) is 0 Å². The highest BCUT2D eigenvalue weighted by molar-refractivity contribution is 8.00. The van der Waals surface area contributed by atoms with Gasteiger partial charge in [-0.3, -0.25) is 0 Å². The Labute approximate surface area is 395 Å². The molecule has 12 rings (SSSR count). The van der Waals surface area contributed by atoms with Crippen LogP contribution in [0.2, 0.25) is 0 Å². The first-order chi connectivity index (χ1) is 31.6. The highest BCUT2D eigenvalue weighted by Gasteiger charge is 2.51. The highest BCUT2D eigenvalue weighted by atomic mass is 32.2. The number of fused-ring (bicyclic) bond motifs is 10. The molecule has 0 aliphatic carbocycles. The zero-order chi connectivity index (χ0) is 45.6. The number of nitrogens with zero attached hydrogens (tertiary/aromatic N) is 2. The van der Waals surface area contributed by atoms with Crippen LogP contribution in [0.4, 0.5) is 38.5 Å². The number of anilines is 6. The molecule has 8 aromatic carbocycles. The van der Waals surface area contributed by atoms with Crippen LogP contribution in [-0.4, -0.2) is 13.4 Å². The van der Waals surface area contributed by atoms with Crippen molar-refractivity contribution in [3.8, 4) is 22.3 Å². The van der Waals surface area contributed by atoms with E-state index in [-0.39, 0.29) is 35.5 Å². The minimum absolute atomic E-state index is 0.0300. The van der Waals surface area contributed by atoms with Crippen molar-refractivity contribution in [2.75, 3.05) is 9.80 Å². The molecular formula is C60H53B2FN2S. The topological polar surface area (TPSA) is 6.48 Å². The Kier molecular flexibility index (Phi) is 8.98. The van der Waals surface area contributed by atoms with Gasteiger partial charge in [-0.1, -0.05) is 201 Å². The van der Waals surface area contributed by atoms with Crippen LogP contribution in [0, 0.1) is 5.82 Å². The molecule has 0 atom stereocenters. The Bertz CT molecular complexity index is 3320. The Morgan fingerprint density at radius 3 is 1.44 bits per heavy atom. The molecule has 4 aliphatic rings. The monoisotopic (exact) mass is 874 g/mol. The van der Waals surface area contributed by atoms with Crippen LogP contribution in [0.1, 0.15) is 79.0 Å². The van der Waals surface area contributed by atoms with Gasteiger partial charge in [-0.25, -0.2) is 4.39 Å². The Morgan fingerprint density at radius 1 is 0.394 bits per heavy atom. The fourth-order valence-electron chi connectivity index (χ4n) is 11.2. The highest BCUT2D eigenvalue weighted by Crippen LogP contribution is 2.51. The van der Waals surface area contributed by atoms with E-state index in [4.69, 9.17) is 0 Å². The zero-order valence-corrected chi connectivity index (χ0v) is 40.2. The second kappa shape index (κ2) is 14.4. The lowest BCUT2D eigenvalue weighted by atomic mass is 9.29. The van der Waals surface area contributed by atoms with Crippen LogP contribution >= 0.6 is 11.8 Å². The molecule has 0 bridgehead atoms. The molecule has 0 fully saturated rings. The maximum absolute atomic E-state index is 17.6. The molecule has 0 aromatic heterocycles. The normalized spacial score (nSPS) is 14.3. The van der Waals surface area contributed by atoms with Crippen LogP contribution < -0.4 is 42.6 Å². The standard InChI is InChI=1S/C60H53B2FN2S/c1-58(2,3)39-26-29-48-44(32-39)61-43-19-13-14-21-52(43)66-53-35-51-54-57(55(53)61)64(48)49-30-27-40(59(4,5)6)33-45(49)62(54)46-34-41(60(7,8)9)28-31-50(46)65(51)56-42(18-15-20-47(56)63)38-24-22-37(23-25-38)36-16-11-10-12-17-36/h10-35H,1-9H3. The first kappa shape index (κ1) is 41.2.